The van der Waals surface area contributed by atoms with Crippen LogP contribution in [-0.4, -0.2) is 64.4 Å². The summed E-state index contributed by atoms with van der Waals surface area (Å²) in [5.74, 6) is -1.55. The molecule has 2 amide bonds. The largest absolute Gasteiger partial charge is 0.479 e. The molecule has 2 aliphatic carbocycles. The first-order chi connectivity index (χ1) is 16.9. The Bertz CT molecular complexity index is 1100. The van der Waals surface area contributed by atoms with Gasteiger partial charge in [0.2, 0.25) is 5.91 Å². The number of nitrogens with zero attached hydrogens (tertiary/aromatic N) is 1. The van der Waals surface area contributed by atoms with Gasteiger partial charge in [-0.05, 0) is 41.0 Å². The van der Waals surface area contributed by atoms with Crippen LogP contribution in [0.2, 0.25) is 0 Å². The molecule has 3 aliphatic rings. The predicted octanol–water partition coefficient (Wildman–Crippen LogP) is 3.13. The second-order valence-electron chi connectivity index (χ2n) is 9.87. The minimum Gasteiger partial charge on any atom is -0.479 e. The van der Waals surface area contributed by atoms with Crippen molar-refractivity contribution in [1.29, 1.82) is 0 Å². The minimum atomic E-state index is -1.87. The van der Waals surface area contributed by atoms with Gasteiger partial charge >= 0.3 is 12.1 Å². The Morgan fingerprint density at radius 2 is 1.69 bits per heavy atom. The summed E-state index contributed by atoms with van der Waals surface area (Å²) in [6.07, 6.45) is 2.21. The van der Waals surface area contributed by atoms with Gasteiger partial charge in [0.1, 0.15) is 6.61 Å². The number of carbonyl (C=O) groups excluding carboxylic acids is 2. The van der Waals surface area contributed by atoms with Crippen LogP contribution >= 0.6 is 0 Å². The Hall–Kier alpha value is -3.39. The number of aliphatic carboxylic acids is 1. The van der Waals surface area contributed by atoms with Crippen LogP contribution in [0, 0.1) is 5.92 Å². The number of fused-ring (bicyclic) bond motifs is 3. The zero-order valence-electron chi connectivity index (χ0n) is 19.5. The first-order valence-corrected chi connectivity index (χ1v) is 12.2. The number of carboxylic acid groups (broad SMARTS) is 1. The molecule has 2 fully saturated rings. The van der Waals surface area contributed by atoms with Crippen molar-refractivity contribution >= 4 is 18.0 Å². The van der Waals surface area contributed by atoms with Gasteiger partial charge in [-0.1, -0.05) is 55.0 Å². The maximum atomic E-state index is 12.8. The summed E-state index contributed by atoms with van der Waals surface area (Å²) in [5.41, 5.74) is 2.77. The van der Waals surface area contributed by atoms with Gasteiger partial charge in [0, 0.05) is 31.3 Å². The van der Waals surface area contributed by atoms with E-state index in [0.717, 1.165) is 30.4 Å². The second-order valence-corrected chi connectivity index (χ2v) is 9.87. The lowest BCUT2D eigenvalue weighted by Gasteiger charge is -2.24. The standard InChI is InChI=1S/C27H30N2O6/c30-24(29-13-12-27(34,16-29)25(31)32)14-17-6-5-11-23(17)28-26(33)35-15-22-20-9-3-1-7-18(20)19-8-2-4-10-21(19)22/h1-4,7-10,17,22-23,34H,5-6,11-16H2,(H,28,33)(H,31,32). The first-order valence-electron chi connectivity index (χ1n) is 12.2. The highest BCUT2D eigenvalue weighted by Crippen LogP contribution is 2.44. The third-order valence-electron chi connectivity index (χ3n) is 7.74. The highest BCUT2D eigenvalue weighted by atomic mass is 16.5. The first kappa shape index (κ1) is 23.4. The molecule has 1 saturated heterocycles. The molecule has 0 spiro atoms. The maximum absolute atomic E-state index is 12.8. The van der Waals surface area contributed by atoms with E-state index in [1.807, 2.05) is 24.3 Å². The van der Waals surface area contributed by atoms with E-state index >= 15 is 0 Å². The lowest BCUT2D eigenvalue weighted by atomic mass is 9.98. The van der Waals surface area contributed by atoms with E-state index in [1.165, 1.54) is 16.0 Å². The molecular weight excluding hydrogens is 448 g/mol. The molecular formula is C27H30N2O6. The molecule has 2 aromatic carbocycles. The summed E-state index contributed by atoms with van der Waals surface area (Å²) >= 11 is 0. The van der Waals surface area contributed by atoms with E-state index < -0.39 is 17.7 Å². The molecule has 3 atom stereocenters. The maximum Gasteiger partial charge on any atom is 0.407 e. The van der Waals surface area contributed by atoms with Crippen LogP contribution in [0.4, 0.5) is 4.79 Å². The summed E-state index contributed by atoms with van der Waals surface area (Å²) in [6.45, 7) is 0.259. The Morgan fingerprint density at radius 3 is 2.31 bits per heavy atom. The second kappa shape index (κ2) is 9.34. The number of rotatable bonds is 6. The molecule has 3 unspecified atom stereocenters. The van der Waals surface area contributed by atoms with E-state index in [-0.39, 0.29) is 56.3 Å². The molecule has 0 radical (unpaired) electrons. The van der Waals surface area contributed by atoms with E-state index in [4.69, 9.17) is 4.74 Å². The van der Waals surface area contributed by atoms with Crippen molar-refractivity contribution in [2.24, 2.45) is 5.92 Å². The molecule has 5 rings (SSSR count). The normalized spacial score (nSPS) is 25.2. The summed E-state index contributed by atoms with van der Waals surface area (Å²) < 4.78 is 5.66. The van der Waals surface area contributed by atoms with Gasteiger partial charge in [-0.25, -0.2) is 9.59 Å². The highest BCUT2D eigenvalue weighted by Gasteiger charge is 2.45. The number of benzene rings is 2. The summed E-state index contributed by atoms with van der Waals surface area (Å²) in [5, 5.41) is 22.3. The smallest absolute Gasteiger partial charge is 0.407 e. The number of alkyl carbamates (subject to hydrolysis) is 1. The predicted molar refractivity (Wildman–Crippen MR) is 128 cm³/mol. The van der Waals surface area contributed by atoms with Gasteiger partial charge in [-0.15, -0.1) is 0 Å². The van der Waals surface area contributed by atoms with Crippen molar-refractivity contribution in [1.82, 2.24) is 10.2 Å². The van der Waals surface area contributed by atoms with Gasteiger partial charge in [0.15, 0.2) is 5.60 Å². The fourth-order valence-electron chi connectivity index (χ4n) is 5.80. The van der Waals surface area contributed by atoms with E-state index in [2.05, 4.69) is 29.6 Å². The molecule has 1 heterocycles. The van der Waals surface area contributed by atoms with Crippen LogP contribution in [0.25, 0.3) is 11.1 Å². The fourth-order valence-corrected chi connectivity index (χ4v) is 5.80. The minimum absolute atomic E-state index is 0.0164. The molecule has 0 bridgehead atoms. The SMILES string of the molecule is O=C(NC1CCCC1CC(=O)N1CCC(O)(C(=O)O)C1)OCC1c2ccccc2-c2ccccc21. The number of carboxylic acids is 1. The third kappa shape index (κ3) is 4.50. The van der Waals surface area contributed by atoms with Crippen molar-refractivity contribution in [3.8, 4) is 11.1 Å². The number of hydrogen-bond donors (Lipinski definition) is 3. The van der Waals surface area contributed by atoms with Gasteiger partial charge in [0.05, 0.1) is 6.54 Å². The molecule has 184 valence electrons. The molecule has 8 heteroatoms. The lowest BCUT2D eigenvalue weighted by Crippen LogP contribution is -2.44. The monoisotopic (exact) mass is 478 g/mol. The zero-order valence-corrected chi connectivity index (χ0v) is 19.5. The van der Waals surface area contributed by atoms with Crippen LogP contribution in [-0.2, 0) is 14.3 Å². The number of nitrogens with one attached hydrogen (secondary N) is 1. The Balaban J connectivity index is 1.16. The molecule has 1 aliphatic heterocycles. The number of hydrogen-bond acceptors (Lipinski definition) is 5. The highest BCUT2D eigenvalue weighted by molar-refractivity contribution is 5.82. The molecule has 1 saturated carbocycles. The quantitative estimate of drug-likeness (QED) is 0.588. The van der Waals surface area contributed by atoms with Crippen molar-refractivity contribution in [3.63, 3.8) is 0 Å². The number of aliphatic hydroxyl groups is 1. The average molecular weight is 479 g/mol. The van der Waals surface area contributed by atoms with Gasteiger partial charge < -0.3 is 25.2 Å². The van der Waals surface area contributed by atoms with Crippen molar-refractivity contribution in [2.75, 3.05) is 19.7 Å². The van der Waals surface area contributed by atoms with E-state index in [1.54, 1.807) is 0 Å². The van der Waals surface area contributed by atoms with Gasteiger partial charge in [0.25, 0.3) is 0 Å². The van der Waals surface area contributed by atoms with Crippen LogP contribution in [0.5, 0.6) is 0 Å². The number of likely N-dealkylation sites (tertiary alicyclic amines) is 1. The van der Waals surface area contributed by atoms with Gasteiger partial charge in [-0.2, -0.15) is 0 Å². The average Bonchev–Trinajstić information content (AvgIpc) is 3.55. The van der Waals surface area contributed by atoms with Crippen molar-refractivity contribution in [2.45, 2.75) is 49.7 Å². The Kier molecular flexibility index (Phi) is 6.23. The topological polar surface area (TPSA) is 116 Å². The van der Waals surface area contributed by atoms with E-state index in [0.29, 0.717) is 0 Å². The van der Waals surface area contributed by atoms with Crippen LogP contribution < -0.4 is 5.32 Å². The van der Waals surface area contributed by atoms with E-state index in [9.17, 15) is 24.6 Å². The molecule has 35 heavy (non-hydrogen) atoms. The van der Waals surface area contributed by atoms with Crippen molar-refractivity contribution in [3.05, 3.63) is 59.7 Å². The molecule has 2 aromatic rings. The number of amides is 2. The Morgan fingerprint density at radius 1 is 1.03 bits per heavy atom. The zero-order chi connectivity index (χ0) is 24.6. The lowest BCUT2D eigenvalue weighted by molar-refractivity contribution is -0.157. The number of ether oxygens (including phenoxy) is 1. The summed E-state index contributed by atoms with van der Waals surface area (Å²) in [4.78, 5) is 38.1. The van der Waals surface area contributed by atoms with Crippen LogP contribution in [0.1, 0.15) is 49.1 Å². The fraction of sp³-hybridized carbons (Fsp3) is 0.444. The Labute approximate surface area is 203 Å². The van der Waals surface area contributed by atoms with Crippen LogP contribution in [0.15, 0.2) is 48.5 Å². The third-order valence-corrected chi connectivity index (χ3v) is 7.74. The molecule has 0 aromatic heterocycles. The van der Waals surface area contributed by atoms with Crippen LogP contribution in [0.3, 0.4) is 0 Å². The van der Waals surface area contributed by atoms with Crippen molar-refractivity contribution < 1.29 is 29.3 Å². The molecule has 3 N–H and O–H groups in total. The number of β-amino-alcohol motifs (C(OH)–C–C–N with tert-alkyl or cyclic N) is 1. The number of carbonyl (C=O) groups is 3. The van der Waals surface area contributed by atoms with Gasteiger partial charge in [-0.3, -0.25) is 4.79 Å². The summed E-state index contributed by atoms with van der Waals surface area (Å²) in [7, 11) is 0. The molecule has 8 nitrogen and oxygen atoms in total. The summed E-state index contributed by atoms with van der Waals surface area (Å²) in [6, 6.07) is 16.2.